The molecule has 0 radical (unpaired) electrons. The molecule has 0 bridgehead atoms. The molecular formula is C78H109B7N12O28. The minimum Gasteiger partial charge on any atom is -0.426 e. The van der Waals surface area contributed by atoms with Gasteiger partial charge in [0.1, 0.15) is 11.6 Å². The molecule has 7 aromatic rings. The zero-order valence-corrected chi connectivity index (χ0v) is 69.5. The van der Waals surface area contributed by atoms with Crippen LogP contribution < -0.4 is 65.9 Å². The Hall–Kier alpha value is -12.1. The first-order chi connectivity index (χ1) is 58.8. The zero-order chi connectivity index (χ0) is 94.6. The number of nitrogens with one attached hydrogen (secondary N) is 7. The Bertz CT molecular complexity index is 4420. The average Bonchev–Trinajstić information content (AvgIpc) is 0.823. The Balaban J connectivity index is 0.000000738. The molecule has 0 unspecified atom stereocenters. The monoisotopic (exact) mass is 1740 g/mol. The van der Waals surface area contributed by atoms with E-state index in [1.54, 1.807) is 68.4 Å². The van der Waals surface area contributed by atoms with Crippen LogP contribution in [0.2, 0.25) is 0 Å². The standard InChI is InChI=1S/C16H17BN2O4.C15H16BNO4.C14H15BN2O4.C13H19BN2O4.C7H15BN2O4.C7H14BNO4.C6H13BN2O4/c18-15(20)10-14(17(22)23)19-16(21)13-8-6-12(7-9-13)11-4-2-1-3-5-11;1-10(18)8-14(16(20)21)17-15(19)13-7-6-11-4-2-3-5-12(11)9-13;16-13(18)8-12(15(20)21)17-14(19)11-6-5-9-3-1-2-4-10(9)7-11;15-12(17)9-11(14(19)20)16-13(18)8-4-7-10-5-2-1-3-6-10;1-2-3-7(12)10-5(8(13)14)4-6(9)11;1-3-7(11)9-6(8(12)13)4-5(2)10;1-2-6(11)9-4(7(12)13)3-5(8)10/h1-9,14,22-23H,10H2,(H2,18,20)(H,19,21);2-7,9,14,20-21H,8H2,1H3,(H,17,19);1-7,12,20-21H,8H2,(H2,16,18)(H,17,19);1-3,5-6,11,19-20H,4,7-9H2,(H2,15,17)(H,16,18);5,13-14H,2-4H2,1H3,(H2,9,11)(H,10,12);6,12-13H,3-4H2,1-2H3,(H,9,11);4,12-13H,2-3H2,1H3,(H2,8,10)(H,9,11)/t2*14-;12-;11-;5-;6-;4-/m1011101/s1. The number of benzene rings is 7. The molecule has 0 aromatic heterocycles. The second-order valence-corrected chi connectivity index (χ2v) is 27.9. The summed E-state index contributed by atoms with van der Waals surface area (Å²) in [5, 5.41) is 146. The van der Waals surface area contributed by atoms with Gasteiger partial charge in [-0.25, -0.2) is 0 Å². The van der Waals surface area contributed by atoms with Crippen LogP contribution in [-0.2, 0) is 59.2 Å². The molecule has 0 fully saturated rings. The van der Waals surface area contributed by atoms with Gasteiger partial charge in [-0.3, -0.25) is 67.1 Å². The lowest BCUT2D eigenvalue weighted by Gasteiger charge is -2.16. The summed E-state index contributed by atoms with van der Waals surface area (Å²) in [7, 11) is -12.6. The van der Waals surface area contributed by atoms with Gasteiger partial charge in [-0.15, -0.1) is 0 Å². The summed E-state index contributed by atoms with van der Waals surface area (Å²) in [4.78, 5) is 156. The van der Waals surface area contributed by atoms with Gasteiger partial charge in [-0.2, -0.15) is 0 Å². The van der Waals surface area contributed by atoms with Gasteiger partial charge in [0.05, 0.1) is 41.6 Å². The maximum atomic E-state index is 12.1. The van der Waals surface area contributed by atoms with Crippen molar-refractivity contribution in [2.24, 2.45) is 28.7 Å². The number of nitrogens with two attached hydrogens (primary N) is 5. The summed E-state index contributed by atoms with van der Waals surface area (Å²) < 4.78 is 0. The van der Waals surface area contributed by atoms with Crippen LogP contribution in [0.25, 0.3) is 32.7 Å². The number of hydrogen-bond acceptors (Lipinski definition) is 28. The van der Waals surface area contributed by atoms with E-state index in [1.807, 2.05) is 122 Å². The van der Waals surface area contributed by atoms with E-state index in [0.717, 1.165) is 44.7 Å². The molecule has 7 rings (SSSR count). The van der Waals surface area contributed by atoms with Crippen molar-refractivity contribution in [1.29, 1.82) is 0 Å². The molecule has 0 saturated heterocycles. The van der Waals surface area contributed by atoms with Crippen molar-refractivity contribution in [3.05, 3.63) is 192 Å². The summed E-state index contributed by atoms with van der Waals surface area (Å²) >= 11 is 0. The SMILES string of the molecule is CC(=O)C[C@H](NC(=O)c1ccc2ccccc2c1)B(O)O.CCC(=O)N[C@@H](CC(C)=O)B(O)O.CCC(=O)N[C@H](CC(N)=O)B(O)O.CCCC(=O)N[C@H](CC(N)=O)B(O)O.NC(=O)C[C@@H](NC(=O)CCCc1ccccc1)B(O)O.NC(=O)C[C@@H](NC(=O)c1ccc(-c2ccccc2)cc1)B(O)O.NC(=O)C[C@@H](NC(=O)c1ccc2ccccc2c1)B(O)O. The molecule has 670 valence electrons. The lowest BCUT2D eigenvalue weighted by Crippen LogP contribution is -2.48. The Kier molecular flexibility index (Phi) is 53.7. The Morgan fingerprint density at radius 1 is 0.288 bits per heavy atom. The van der Waals surface area contributed by atoms with Gasteiger partial charge in [-0.05, 0) is 108 Å². The summed E-state index contributed by atoms with van der Waals surface area (Å²) in [6.45, 7) is 7.73. The predicted molar refractivity (Wildman–Crippen MR) is 467 cm³/mol. The Labute approximate surface area is 723 Å². The lowest BCUT2D eigenvalue weighted by molar-refractivity contribution is -0.123. The Morgan fingerprint density at radius 3 is 0.848 bits per heavy atom. The van der Waals surface area contributed by atoms with Gasteiger partial charge < -0.3 is 136 Å². The van der Waals surface area contributed by atoms with Gasteiger partial charge in [0.2, 0.25) is 53.2 Å². The number of aryl methyl sites for hydroxylation is 1. The van der Waals surface area contributed by atoms with Crippen molar-refractivity contribution in [2.45, 2.75) is 166 Å². The summed E-state index contributed by atoms with van der Waals surface area (Å²) in [6.07, 6.45) is 1.26. The van der Waals surface area contributed by atoms with Gasteiger partial charge in [-0.1, -0.05) is 154 Å². The highest BCUT2D eigenvalue weighted by Crippen LogP contribution is 2.21. The van der Waals surface area contributed by atoms with Crippen LogP contribution in [0, 0.1) is 0 Å². The number of hydrogen-bond donors (Lipinski definition) is 26. The summed E-state index contributed by atoms with van der Waals surface area (Å²) in [6, 6.07) is 51.7. The number of carbonyl (C=O) groups is 14. The van der Waals surface area contributed by atoms with Crippen LogP contribution >= 0.6 is 0 Å². The summed E-state index contributed by atoms with van der Waals surface area (Å²) in [5.41, 5.74) is 28.9. The van der Waals surface area contributed by atoms with Crippen LogP contribution in [-0.4, -0.2) is 244 Å². The first kappa shape index (κ1) is 111. The first-order valence-corrected chi connectivity index (χ1v) is 39.0. The second kappa shape index (κ2) is 60.5. The largest absolute Gasteiger partial charge is 0.476 e. The fraction of sp³-hybridized carbons (Fsp3) is 0.333. The Morgan fingerprint density at radius 2 is 0.544 bits per heavy atom. The number of carbonyl (C=O) groups excluding carboxylic acids is 14. The molecule has 0 aliphatic carbocycles. The molecular weight excluding hydrogens is 1630 g/mol. The number of Topliss-reactive ketones (excluding diaryl/α,β-unsaturated/α-hetero) is 2. The molecule has 125 heavy (non-hydrogen) atoms. The van der Waals surface area contributed by atoms with Gasteiger partial charge in [0.25, 0.3) is 17.7 Å². The normalized spacial score (nSPS) is 11.8. The van der Waals surface area contributed by atoms with E-state index in [-0.39, 0.29) is 106 Å². The molecule has 12 amide bonds. The van der Waals surface area contributed by atoms with Crippen molar-refractivity contribution >= 4 is 154 Å². The number of primary amides is 5. The first-order valence-electron chi connectivity index (χ1n) is 39.0. The third-order valence-corrected chi connectivity index (χ3v) is 17.1. The van der Waals surface area contributed by atoms with E-state index >= 15 is 0 Å². The van der Waals surface area contributed by atoms with Crippen molar-refractivity contribution in [1.82, 2.24) is 37.2 Å². The maximum absolute atomic E-state index is 12.1. The van der Waals surface area contributed by atoms with Crippen LogP contribution in [0.3, 0.4) is 0 Å². The molecule has 0 spiro atoms. The number of rotatable bonds is 40. The topological polar surface area (TPSA) is 737 Å². The minimum atomic E-state index is -1.87. The highest BCUT2D eigenvalue weighted by atomic mass is 16.4. The highest BCUT2D eigenvalue weighted by Gasteiger charge is 2.33. The van der Waals surface area contributed by atoms with E-state index in [0.29, 0.717) is 29.5 Å². The van der Waals surface area contributed by atoms with E-state index in [4.69, 9.17) is 78.9 Å². The van der Waals surface area contributed by atoms with Crippen LogP contribution in [0.5, 0.6) is 0 Å². The summed E-state index contributed by atoms with van der Waals surface area (Å²) in [5.74, 6) is -14.1. The minimum absolute atomic E-state index is 0.0661. The molecule has 7 atom stereocenters. The fourth-order valence-corrected chi connectivity index (χ4v) is 10.7. The van der Waals surface area contributed by atoms with Crippen molar-refractivity contribution in [2.75, 3.05) is 0 Å². The van der Waals surface area contributed by atoms with E-state index in [1.165, 1.54) is 13.8 Å². The van der Waals surface area contributed by atoms with Crippen LogP contribution in [0.15, 0.2) is 170 Å². The third-order valence-electron chi connectivity index (χ3n) is 17.1. The lowest BCUT2D eigenvalue weighted by atomic mass is 9.76. The molecule has 31 N–H and O–H groups in total. The highest BCUT2D eigenvalue weighted by molar-refractivity contribution is 6.46. The van der Waals surface area contributed by atoms with Crippen LogP contribution in [0.4, 0.5) is 0 Å². The van der Waals surface area contributed by atoms with Gasteiger partial charge in [0.15, 0.2) is 0 Å². The molecule has 0 aliphatic rings. The molecule has 0 saturated carbocycles. The van der Waals surface area contributed by atoms with E-state index < -0.39 is 139 Å². The molecule has 47 heteroatoms. The van der Waals surface area contributed by atoms with Crippen molar-refractivity contribution in [3.63, 3.8) is 0 Å². The van der Waals surface area contributed by atoms with E-state index in [9.17, 15) is 87.2 Å². The third kappa shape index (κ3) is 48.5. The number of fused-ring (bicyclic) bond motifs is 2. The number of ketones is 2. The fourth-order valence-electron chi connectivity index (χ4n) is 10.7. The molecule has 0 heterocycles. The van der Waals surface area contributed by atoms with Crippen molar-refractivity contribution in [3.8, 4) is 11.1 Å². The van der Waals surface area contributed by atoms with Gasteiger partial charge >= 0.3 is 49.8 Å². The number of amides is 12. The molecule has 40 nitrogen and oxygen atoms in total. The molecule has 0 aliphatic heterocycles. The maximum Gasteiger partial charge on any atom is 0.476 e. The predicted octanol–water partition coefficient (Wildman–Crippen LogP) is -4.72. The van der Waals surface area contributed by atoms with Crippen molar-refractivity contribution < 1.29 is 137 Å². The smallest absolute Gasteiger partial charge is 0.426 e. The van der Waals surface area contributed by atoms with E-state index in [2.05, 4.69) is 37.2 Å². The quantitative estimate of drug-likeness (QED) is 0.0160. The second-order valence-electron chi connectivity index (χ2n) is 27.9. The van der Waals surface area contributed by atoms with Gasteiger partial charge in [0, 0.05) is 87.3 Å². The van der Waals surface area contributed by atoms with Crippen LogP contribution in [0.1, 0.15) is 155 Å². The molecule has 7 aromatic carbocycles. The average molecular weight is 1740 g/mol. The zero-order valence-electron chi connectivity index (χ0n) is 69.5.